The van der Waals surface area contributed by atoms with Crippen LogP contribution in [-0.4, -0.2) is 23.8 Å². The number of Topliss-reactive ketones (excluding diaryl/α,β-unsaturated/α-hetero) is 2. The van der Waals surface area contributed by atoms with Crippen LogP contribution in [0.4, 0.5) is 0 Å². The highest BCUT2D eigenvalue weighted by atomic mass is 16.6. The first-order chi connectivity index (χ1) is 8.25. The van der Waals surface area contributed by atoms with Gasteiger partial charge in [-0.3, -0.25) is 9.59 Å². The molecular formula is C14H12O3. The van der Waals surface area contributed by atoms with Gasteiger partial charge in [0.05, 0.1) is 12.2 Å². The second kappa shape index (κ2) is 3.05. The summed E-state index contributed by atoms with van der Waals surface area (Å²) in [5.41, 5.74) is 1.22. The molecule has 4 atom stereocenters. The normalized spacial score (nSPS) is 38.1. The highest BCUT2D eigenvalue weighted by Gasteiger charge is 2.54. The van der Waals surface area contributed by atoms with Crippen molar-refractivity contribution in [1.82, 2.24) is 0 Å². The number of fused-ring (bicyclic) bond motifs is 3. The van der Waals surface area contributed by atoms with E-state index in [4.69, 9.17) is 4.74 Å². The summed E-state index contributed by atoms with van der Waals surface area (Å²) >= 11 is 0. The summed E-state index contributed by atoms with van der Waals surface area (Å²) in [6.07, 6.45) is 1.93. The summed E-state index contributed by atoms with van der Waals surface area (Å²) in [5.74, 6) is 0.000556. The van der Waals surface area contributed by atoms with Crippen LogP contribution in [0.5, 0.6) is 0 Å². The van der Waals surface area contributed by atoms with Crippen molar-refractivity contribution in [3.05, 3.63) is 35.4 Å². The molecule has 4 unspecified atom stereocenters. The van der Waals surface area contributed by atoms with Crippen molar-refractivity contribution in [2.45, 2.75) is 25.0 Å². The molecule has 1 aromatic carbocycles. The standard InChI is InChI=1S/C14H12O3/c15-13-7-3-1-2-4-8(7)14(16)10-6-12-11(17-12)5-9(10)13/h1-4,9-12H,5-6H2. The average Bonchev–Trinajstić information content (AvgIpc) is 3.12. The zero-order valence-corrected chi connectivity index (χ0v) is 9.26. The Labute approximate surface area is 98.8 Å². The maximum Gasteiger partial charge on any atom is 0.167 e. The van der Waals surface area contributed by atoms with Crippen molar-refractivity contribution in [2.75, 3.05) is 0 Å². The van der Waals surface area contributed by atoms with Crippen LogP contribution in [-0.2, 0) is 4.74 Å². The fourth-order valence-electron chi connectivity index (χ4n) is 3.31. The number of benzene rings is 1. The molecule has 0 N–H and O–H groups in total. The van der Waals surface area contributed by atoms with Crippen molar-refractivity contribution in [1.29, 1.82) is 0 Å². The lowest BCUT2D eigenvalue weighted by Crippen LogP contribution is -2.40. The van der Waals surface area contributed by atoms with E-state index in [1.165, 1.54) is 0 Å². The lowest BCUT2D eigenvalue weighted by Gasteiger charge is -2.32. The van der Waals surface area contributed by atoms with E-state index >= 15 is 0 Å². The molecule has 1 heterocycles. The van der Waals surface area contributed by atoms with E-state index in [2.05, 4.69) is 0 Å². The number of rotatable bonds is 0. The van der Waals surface area contributed by atoms with Gasteiger partial charge in [0, 0.05) is 23.0 Å². The van der Waals surface area contributed by atoms with Crippen LogP contribution in [0.1, 0.15) is 33.6 Å². The van der Waals surface area contributed by atoms with Gasteiger partial charge in [-0.25, -0.2) is 0 Å². The Kier molecular flexibility index (Phi) is 1.71. The van der Waals surface area contributed by atoms with E-state index in [-0.39, 0.29) is 35.6 Å². The summed E-state index contributed by atoms with van der Waals surface area (Å²) in [5, 5.41) is 0. The first kappa shape index (κ1) is 9.54. The van der Waals surface area contributed by atoms with E-state index in [0.29, 0.717) is 11.1 Å². The molecule has 3 nitrogen and oxygen atoms in total. The van der Waals surface area contributed by atoms with E-state index in [1.807, 2.05) is 12.1 Å². The molecule has 1 saturated heterocycles. The Hall–Kier alpha value is -1.48. The van der Waals surface area contributed by atoms with Gasteiger partial charge in [0.15, 0.2) is 11.6 Å². The minimum absolute atomic E-state index is 0.138. The Morgan fingerprint density at radius 3 is 1.82 bits per heavy atom. The number of epoxide rings is 1. The molecule has 17 heavy (non-hydrogen) atoms. The van der Waals surface area contributed by atoms with Crippen LogP contribution in [0.25, 0.3) is 0 Å². The molecule has 86 valence electrons. The highest BCUT2D eigenvalue weighted by molar-refractivity contribution is 6.16. The lowest BCUT2D eigenvalue weighted by molar-refractivity contribution is 0.0695. The average molecular weight is 228 g/mol. The molecular weight excluding hydrogens is 216 g/mol. The van der Waals surface area contributed by atoms with Crippen LogP contribution < -0.4 is 0 Å². The van der Waals surface area contributed by atoms with Gasteiger partial charge in [-0.15, -0.1) is 0 Å². The SMILES string of the molecule is O=C1c2ccccc2C(=O)C2CC3OC3CC12. The van der Waals surface area contributed by atoms with Gasteiger partial charge in [0.2, 0.25) is 0 Å². The Morgan fingerprint density at radius 1 is 0.882 bits per heavy atom. The molecule has 3 heteroatoms. The van der Waals surface area contributed by atoms with Gasteiger partial charge in [0.1, 0.15) is 0 Å². The Balaban J connectivity index is 1.84. The van der Waals surface area contributed by atoms with Gasteiger partial charge in [-0.2, -0.15) is 0 Å². The van der Waals surface area contributed by atoms with Crippen LogP contribution in [0.15, 0.2) is 24.3 Å². The van der Waals surface area contributed by atoms with Gasteiger partial charge >= 0.3 is 0 Å². The maximum atomic E-state index is 12.4. The second-order valence-electron chi connectivity index (χ2n) is 5.17. The number of carbonyl (C=O) groups excluding carboxylic acids is 2. The van der Waals surface area contributed by atoms with Crippen molar-refractivity contribution in [3.63, 3.8) is 0 Å². The molecule has 0 spiro atoms. The monoisotopic (exact) mass is 228 g/mol. The summed E-state index contributed by atoms with van der Waals surface area (Å²) in [6.45, 7) is 0. The maximum absolute atomic E-state index is 12.4. The van der Waals surface area contributed by atoms with Crippen molar-refractivity contribution >= 4 is 11.6 Å². The summed E-state index contributed by atoms with van der Waals surface area (Å²) in [4.78, 5) is 24.7. The third-order valence-electron chi connectivity index (χ3n) is 4.28. The molecule has 0 amide bonds. The minimum atomic E-state index is -0.138. The lowest BCUT2D eigenvalue weighted by atomic mass is 9.67. The fourth-order valence-corrected chi connectivity index (χ4v) is 3.31. The molecule has 1 saturated carbocycles. The molecule has 1 aliphatic heterocycles. The first-order valence-electron chi connectivity index (χ1n) is 6.08. The number of ether oxygens (including phenoxy) is 1. The number of carbonyl (C=O) groups is 2. The highest BCUT2D eigenvalue weighted by Crippen LogP contribution is 2.47. The molecule has 0 bridgehead atoms. The largest absolute Gasteiger partial charge is 0.370 e. The van der Waals surface area contributed by atoms with Crippen LogP contribution in [0.2, 0.25) is 0 Å². The molecule has 1 aromatic rings. The Bertz CT molecular complexity index is 487. The summed E-state index contributed by atoms with van der Waals surface area (Å²) < 4.78 is 5.46. The topological polar surface area (TPSA) is 46.7 Å². The third-order valence-corrected chi connectivity index (χ3v) is 4.28. The van der Waals surface area contributed by atoms with Crippen molar-refractivity contribution in [3.8, 4) is 0 Å². The fraction of sp³-hybridized carbons (Fsp3) is 0.429. The summed E-state index contributed by atoms with van der Waals surface area (Å²) in [7, 11) is 0. The van der Waals surface area contributed by atoms with Gasteiger partial charge in [-0.05, 0) is 12.8 Å². The van der Waals surface area contributed by atoms with E-state index in [9.17, 15) is 9.59 Å². The first-order valence-corrected chi connectivity index (χ1v) is 6.08. The molecule has 2 fully saturated rings. The van der Waals surface area contributed by atoms with Crippen molar-refractivity contribution in [2.24, 2.45) is 11.8 Å². The Morgan fingerprint density at radius 2 is 1.35 bits per heavy atom. The minimum Gasteiger partial charge on any atom is -0.370 e. The van der Waals surface area contributed by atoms with Gasteiger partial charge < -0.3 is 4.74 Å². The zero-order chi connectivity index (χ0) is 11.6. The third kappa shape index (κ3) is 1.20. The second-order valence-corrected chi connectivity index (χ2v) is 5.17. The molecule has 0 aromatic heterocycles. The molecule has 2 aliphatic carbocycles. The van der Waals surface area contributed by atoms with Crippen LogP contribution in [0, 0.1) is 11.8 Å². The quantitative estimate of drug-likeness (QED) is 0.637. The van der Waals surface area contributed by atoms with E-state index in [0.717, 1.165) is 12.8 Å². The zero-order valence-electron chi connectivity index (χ0n) is 9.26. The van der Waals surface area contributed by atoms with Crippen molar-refractivity contribution < 1.29 is 14.3 Å². The number of hydrogen-bond acceptors (Lipinski definition) is 3. The van der Waals surface area contributed by atoms with Crippen LogP contribution in [0.3, 0.4) is 0 Å². The number of ketones is 2. The smallest absolute Gasteiger partial charge is 0.167 e. The number of hydrogen-bond donors (Lipinski definition) is 0. The molecule has 3 aliphatic rings. The van der Waals surface area contributed by atoms with Crippen LogP contribution >= 0.6 is 0 Å². The van der Waals surface area contributed by atoms with Gasteiger partial charge in [-0.1, -0.05) is 24.3 Å². The predicted octanol–water partition coefficient (Wildman–Crippen LogP) is 1.86. The summed E-state index contributed by atoms with van der Waals surface area (Å²) in [6, 6.07) is 7.18. The molecule has 0 radical (unpaired) electrons. The van der Waals surface area contributed by atoms with Gasteiger partial charge in [0.25, 0.3) is 0 Å². The van der Waals surface area contributed by atoms with E-state index in [1.54, 1.807) is 12.1 Å². The molecule has 4 rings (SSSR count). The predicted molar refractivity (Wildman–Crippen MR) is 60.0 cm³/mol. The van der Waals surface area contributed by atoms with E-state index < -0.39 is 0 Å².